The third kappa shape index (κ3) is 5.76. The zero-order valence-corrected chi connectivity index (χ0v) is 19.9. The van der Waals surface area contributed by atoms with E-state index in [1.165, 1.54) is 45.3 Å². The van der Waals surface area contributed by atoms with Crippen LogP contribution < -0.4 is 26.0 Å². The molecule has 2 atom stereocenters. The Kier molecular flexibility index (Phi) is 8.03. The van der Waals surface area contributed by atoms with Gasteiger partial charge >= 0.3 is 0 Å². The minimum Gasteiger partial charge on any atom is -0.494 e. The van der Waals surface area contributed by atoms with Crippen LogP contribution >= 0.6 is 0 Å². The van der Waals surface area contributed by atoms with Crippen LogP contribution in [0.4, 0.5) is 10.1 Å². The number of anilines is 1. The number of halogens is 1. The molecular weight excluding hydrogens is 421 g/mol. The SMILES string of the molecule is CCN1CCC[C@H]1CNC1=NC(NC2CCCCCC2)=NC(N)N1c1ccc(OC)c(F)c1. The molecule has 8 nitrogen and oxygen atoms in total. The fourth-order valence-electron chi connectivity index (χ4n) is 5.12. The molecule has 1 unspecified atom stereocenters. The highest BCUT2D eigenvalue weighted by Crippen LogP contribution is 2.26. The van der Waals surface area contributed by atoms with E-state index in [2.05, 4.69) is 27.4 Å². The molecule has 2 fully saturated rings. The molecular formula is C24H38FN7O. The highest BCUT2D eigenvalue weighted by molar-refractivity contribution is 6.06. The van der Waals surface area contributed by atoms with E-state index in [9.17, 15) is 4.39 Å². The van der Waals surface area contributed by atoms with Gasteiger partial charge in [0.15, 0.2) is 17.9 Å². The van der Waals surface area contributed by atoms with Crippen molar-refractivity contribution in [1.29, 1.82) is 0 Å². The molecule has 4 N–H and O–H groups in total. The summed E-state index contributed by atoms with van der Waals surface area (Å²) in [5, 5.41) is 7.03. The Morgan fingerprint density at radius 2 is 1.94 bits per heavy atom. The van der Waals surface area contributed by atoms with Crippen molar-refractivity contribution in [2.75, 3.05) is 31.6 Å². The van der Waals surface area contributed by atoms with Crippen molar-refractivity contribution < 1.29 is 9.13 Å². The maximum absolute atomic E-state index is 14.5. The Bertz CT molecular complexity index is 853. The summed E-state index contributed by atoms with van der Waals surface area (Å²) in [6.45, 7) is 5.10. The van der Waals surface area contributed by atoms with Gasteiger partial charge in [-0.15, -0.1) is 0 Å². The van der Waals surface area contributed by atoms with Crippen molar-refractivity contribution in [3.63, 3.8) is 0 Å². The first-order chi connectivity index (χ1) is 16.1. The van der Waals surface area contributed by atoms with Crippen LogP contribution in [0.2, 0.25) is 0 Å². The predicted octanol–water partition coefficient (Wildman–Crippen LogP) is 2.99. The second-order valence-corrected chi connectivity index (χ2v) is 9.13. The second kappa shape index (κ2) is 11.2. The standard InChI is InChI=1S/C24H38FN7O/c1-3-31-14-8-11-19(31)16-27-24-30-23(28-17-9-6-4-5-7-10-17)29-22(26)32(24)18-12-13-21(33-2)20(25)15-18/h12-13,15,17,19,22H,3-11,14,16,26H2,1-2H3,(H2,27,28,29,30)/t19-,22?/m0/s1. The summed E-state index contributed by atoms with van der Waals surface area (Å²) in [5.41, 5.74) is 7.09. The number of aliphatic imine (C=N–C) groups is 2. The van der Waals surface area contributed by atoms with Gasteiger partial charge in [-0.1, -0.05) is 32.6 Å². The largest absolute Gasteiger partial charge is 0.494 e. The van der Waals surface area contributed by atoms with Gasteiger partial charge in [-0.3, -0.25) is 15.5 Å². The maximum Gasteiger partial charge on any atom is 0.224 e. The number of methoxy groups -OCH3 is 1. The summed E-state index contributed by atoms with van der Waals surface area (Å²) in [6.07, 6.45) is 8.89. The normalized spacial score (nSPS) is 24.8. The monoisotopic (exact) mass is 459 g/mol. The Labute approximate surface area is 196 Å². The van der Waals surface area contributed by atoms with Gasteiger partial charge in [0.2, 0.25) is 11.9 Å². The number of hydrogen-bond donors (Lipinski definition) is 3. The molecule has 1 saturated carbocycles. The predicted molar refractivity (Wildman–Crippen MR) is 131 cm³/mol. The Morgan fingerprint density at radius 1 is 1.15 bits per heavy atom. The lowest BCUT2D eigenvalue weighted by atomic mass is 10.1. The van der Waals surface area contributed by atoms with Crippen LogP contribution in [0.5, 0.6) is 5.75 Å². The van der Waals surface area contributed by atoms with Crippen molar-refractivity contribution in [2.45, 2.75) is 76.7 Å². The zero-order valence-electron chi connectivity index (χ0n) is 19.9. The first-order valence-corrected chi connectivity index (χ1v) is 12.4. The summed E-state index contributed by atoms with van der Waals surface area (Å²) < 4.78 is 19.6. The summed E-state index contributed by atoms with van der Waals surface area (Å²) in [6, 6.07) is 5.61. The van der Waals surface area contributed by atoms with Crippen LogP contribution in [0.1, 0.15) is 58.3 Å². The van der Waals surface area contributed by atoms with Crippen LogP contribution in [0.25, 0.3) is 0 Å². The zero-order chi connectivity index (χ0) is 23.2. The molecule has 0 radical (unpaired) electrons. The van der Waals surface area contributed by atoms with Crippen LogP contribution in [0, 0.1) is 5.82 Å². The average Bonchev–Trinajstić information content (AvgIpc) is 3.12. The van der Waals surface area contributed by atoms with Gasteiger partial charge in [0.1, 0.15) is 0 Å². The minimum atomic E-state index is -0.711. The number of benzene rings is 1. The maximum atomic E-state index is 14.5. The summed E-state index contributed by atoms with van der Waals surface area (Å²) >= 11 is 0. The molecule has 2 aliphatic heterocycles. The van der Waals surface area contributed by atoms with E-state index < -0.39 is 12.1 Å². The average molecular weight is 460 g/mol. The number of hydrogen-bond acceptors (Lipinski definition) is 8. The van der Waals surface area contributed by atoms with E-state index in [0.717, 1.165) is 38.9 Å². The number of nitrogens with two attached hydrogens (primary N) is 1. The fourth-order valence-corrected chi connectivity index (χ4v) is 5.12. The van der Waals surface area contributed by atoms with E-state index in [4.69, 9.17) is 15.5 Å². The van der Waals surface area contributed by atoms with E-state index in [1.807, 2.05) is 0 Å². The van der Waals surface area contributed by atoms with Gasteiger partial charge in [-0.2, -0.15) is 4.99 Å². The van der Waals surface area contributed by atoms with Gasteiger partial charge in [0.05, 0.1) is 12.8 Å². The number of likely N-dealkylation sites (tertiary alicyclic amines) is 1. The van der Waals surface area contributed by atoms with E-state index in [1.54, 1.807) is 17.0 Å². The quantitative estimate of drug-likeness (QED) is 0.567. The third-order valence-corrected chi connectivity index (χ3v) is 6.96. The molecule has 0 spiro atoms. The highest BCUT2D eigenvalue weighted by Gasteiger charge is 2.29. The smallest absolute Gasteiger partial charge is 0.224 e. The molecule has 1 aromatic rings. The minimum absolute atomic E-state index is 0.194. The molecule has 2 heterocycles. The van der Waals surface area contributed by atoms with Gasteiger partial charge < -0.3 is 15.4 Å². The van der Waals surface area contributed by atoms with Gasteiger partial charge in [0, 0.05) is 24.7 Å². The molecule has 0 aromatic heterocycles. The Morgan fingerprint density at radius 3 is 2.64 bits per heavy atom. The number of nitrogens with zero attached hydrogens (tertiary/aromatic N) is 4. The van der Waals surface area contributed by atoms with Crippen LogP contribution in [0.15, 0.2) is 28.2 Å². The van der Waals surface area contributed by atoms with Crippen molar-refractivity contribution in [2.24, 2.45) is 15.7 Å². The first-order valence-electron chi connectivity index (χ1n) is 12.4. The van der Waals surface area contributed by atoms with Gasteiger partial charge in [0.25, 0.3) is 0 Å². The summed E-state index contributed by atoms with van der Waals surface area (Å²) in [4.78, 5) is 13.7. The summed E-state index contributed by atoms with van der Waals surface area (Å²) in [7, 11) is 1.45. The molecule has 3 aliphatic rings. The molecule has 33 heavy (non-hydrogen) atoms. The van der Waals surface area contributed by atoms with E-state index in [0.29, 0.717) is 29.7 Å². The number of guanidine groups is 2. The van der Waals surface area contributed by atoms with Crippen LogP contribution in [-0.2, 0) is 0 Å². The van der Waals surface area contributed by atoms with Crippen LogP contribution in [0.3, 0.4) is 0 Å². The van der Waals surface area contributed by atoms with E-state index >= 15 is 0 Å². The molecule has 0 bridgehead atoms. The molecule has 1 aliphatic carbocycles. The third-order valence-electron chi connectivity index (χ3n) is 6.96. The number of nitrogens with one attached hydrogen (secondary N) is 2. The topological polar surface area (TPSA) is 90.5 Å². The van der Waals surface area contributed by atoms with Crippen molar-refractivity contribution in [1.82, 2.24) is 15.5 Å². The molecule has 182 valence electrons. The molecule has 1 saturated heterocycles. The van der Waals surface area contributed by atoms with E-state index in [-0.39, 0.29) is 5.75 Å². The lowest BCUT2D eigenvalue weighted by molar-refractivity contribution is 0.267. The fraction of sp³-hybridized carbons (Fsp3) is 0.667. The van der Waals surface area contributed by atoms with Gasteiger partial charge in [-0.25, -0.2) is 9.38 Å². The number of likely N-dealkylation sites (N-methyl/N-ethyl adjacent to an activating group) is 1. The Balaban J connectivity index is 1.56. The lowest BCUT2D eigenvalue weighted by Gasteiger charge is -2.35. The second-order valence-electron chi connectivity index (χ2n) is 9.13. The first kappa shape index (κ1) is 23.8. The van der Waals surface area contributed by atoms with Gasteiger partial charge in [-0.05, 0) is 50.9 Å². The molecule has 1 aromatic carbocycles. The Hall–Kier alpha value is -2.39. The van der Waals surface area contributed by atoms with Crippen LogP contribution in [-0.4, -0.2) is 61.9 Å². The lowest BCUT2D eigenvalue weighted by Crippen LogP contribution is -2.56. The summed E-state index contributed by atoms with van der Waals surface area (Å²) in [5.74, 6) is 0.905. The number of ether oxygens (including phenoxy) is 1. The van der Waals surface area contributed by atoms with Crippen molar-refractivity contribution in [3.05, 3.63) is 24.0 Å². The van der Waals surface area contributed by atoms with Crippen molar-refractivity contribution in [3.8, 4) is 5.75 Å². The molecule has 9 heteroatoms. The number of rotatable bonds is 6. The highest BCUT2D eigenvalue weighted by atomic mass is 19.1. The van der Waals surface area contributed by atoms with Crippen molar-refractivity contribution >= 4 is 17.6 Å². The molecule has 4 rings (SSSR count). The molecule has 0 amide bonds.